The molecule has 3 aromatic rings. The molecule has 0 spiro atoms. The molecule has 0 saturated carbocycles. The highest BCUT2D eigenvalue weighted by Gasteiger charge is 2.29. The lowest BCUT2D eigenvalue weighted by Crippen LogP contribution is -2.18. The van der Waals surface area contributed by atoms with Crippen LogP contribution >= 0.6 is 0 Å². The fourth-order valence-corrected chi connectivity index (χ4v) is 4.82. The Hall–Kier alpha value is -3.87. The second-order valence-electron chi connectivity index (χ2n) is 7.07. The smallest absolute Gasteiger partial charge is 0.262 e. The first kappa shape index (κ1) is 22.8. The number of rotatable bonds is 6. The summed E-state index contributed by atoms with van der Waals surface area (Å²) in [5, 5.41) is 11.3. The summed E-state index contributed by atoms with van der Waals surface area (Å²) in [6, 6.07) is 27.6. The number of benzene rings is 3. The summed E-state index contributed by atoms with van der Waals surface area (Å²) in [5.41, 5.74) is 2.65. The Morgan fingerprint density at radius 1 is 1.00 bits per heavy atom. The van der Waals surface area contributed by atoms with Gasteiger partial charge in [-0.3, -0.25) is 10.1 Å². The highest BCUT2D eigenvalue weighted by Crippen LogP contribution is 2.33. The van der Waals surface area contributed by atoms with Crippen LogP contribution in [-0.4, -0.2) is 20.1 Å². The second kappa shape index (κ2) is 10.4. The molecule has 32 heavy (non-hydrogen) atoms. The molecule has 5 nitrogen and oxygen atoms in total. The largest absolute Gasteiger partial charge is 0.281 e. The van der Waals surface area contributed by atoms with Crippen LogP contribution in [0, 0.1) is 23.3 Å². The van der Waals surface area contributed by atoms with Gasteiger partial charge in [-0.1, -0.05) is 73.5 Å². The fraction of sp³-hybridized carbons (Fsp3) is 0.154. The third kappa shape index (κ3) is 5.43. The molecule has 0 radical (unpaired) electrons. The van der Waals surface area contributed by atoms with Gasteiger partial charge in [-0.15, -0.1) is 0 Å². The molecule has 0 aliphatic rings. The van der Waals surface area contributed by atoms with Crippen LogP contribution < -0.4 is 5.32 Å². The minimum absolute atomic E-state index is 0.0359. The van der Waals surface area contributed by atoms with Crippen LogP contribution in [0.3, 0.4) is 0 Å². The van der Waals surface area contributed by atoms with E-state index in [1.807, 2.05) is 12.1 Å². The number of nitrogens with one attached hydrogen (secondary N) is 1. The Morgan fingerprint density at radius 2 is 1.66 bits per heavy atom. The fourth-order valence-electron chi connectivity index (χ4n) is 3.32. The molecule has 3 aromatic carbocycles. The topological polar surface area (TPSA) is 87.0 Å². The van der Waals surface area contributed by atoms with Crippen LogP contribution in [0.15, 0.2) is 78.9 Å². The number of sulfone groups is 1. The van der Waals surface area contributed by atoms with Crippen molar-refractivity contribution in [3.8, 4) is 18.0 Å². The Morgan fingerprint density at radius 3 is 2.28 bits per heavy atom. The molecule has 1 unspecified atom stereocenters. The van der Waals surface area contributed by atoms with E-state index in [0.29, 0.717) is 28.7 Å². The lowest BCUT2D eigenvalue weighted by Gasteiger charge is -2.19. The van der Waals surface area contributed by atoms with Gasteiger partial charge in [-0.25, -0.2) is 8.42 Å². The molecule has 0 bridgehead atoms. The lowest BCUT2D eigenvalue weighted by atomic mass is 9.97. The van der Waals surface area contributed by atoms with Crippen molar-refractivity contribution in [1.82, 2.24) is 5.32 Å². The van der Waals surface area contributed by atoms with Crippen molar-refractivity contribution in [1.29, 1.82) is 5.26 Å². The molecule has 1 N–H and O–H groups in total. The maximum absolute atomic E-state index is 12.9. The van der Waals surface area contributed by atoms with E-state index in [2.05, 4.69) is 23.4 Å². The minimum atomic E-state index is -3.50. The first-order valence-electron chi connectivity index (χ1n) is 10.1. The number of nitrogens with zero attached hydrogens (tertiary/aromatic N) is 1. The van der Waals surface area contributed by atoms with Crippen molar-refractivity contribution in [2.45, 2.75) is 18.6 Å². The van der Waals surface area contributed by atoms with E-state index in [-0.39, 0.29) is 11.7 Å². The van der Waals surface area contributed by atoms with Crippen LogP contribution in [0.5, 0.6) is 0 Å². The Bertz CT molecular complexity index is 1300. The van der Waals surface area contributed by atoms with Gasteiger partial charge in [0.15, 0.2) is 9.84 Å². The predicted octanol–water partition coefficient (Wildman–Crippen LogP) is 4.02. The van der Waals surface area contributed by atoms with Gasteiger partial charge in [-0.2, -0.15) is 5.26 Å². The minimum Gasteiger partial charge on any atom is -0.281 e. The van der Waals surface area contributed by atoms with Gasteiger partial charge in [0.1, 0.15) is 5.25 Å². The molecular weight excluding hydrogens is 420 g/mol. The number of carbonyl (C=O) groups is 1. The van der Waals surface area contributed by atoms with E-state index in [9.17, 15) is 18.5 Å². The van der Waals surface area contributed by atoms with Crippen molar-refractivity contribution >= 4 is 15.7 Å². The molecule has 160 valence electrons. The van der Waals surface area contributed by atoms with E-state index < -0.39 is 15.1 Å². The molecule has 0 aliphatic carbocycles. The average Bonchev–Trinajstić information content (AvgIpc) is 2.83. The average molecular weight is 443 g/mol. The predicted molar refractivity (Wildman–Crippen MR) is 124 cm³/mol. The van der Waals surface area contributed by atoms with Gasteiger partial charge in [0, 0.05) is 23.8 Å². The van der Waals surface area contributed by atoms with Crippen LogP contribution in [0.1, 0.15) is 44.8 Å². The molecule has 1 amide bonds. The number of hydrogen-bond donors (Lipinski definition) is 1. The van der Waals surface area contributed by atoms with Crippen LogP contribution in [-0.2, 0) is 16.3 Å². The van der Waals surface area contributed by atoms with Crippen molar-refractivity contribution in [3.63, 3.8) is 0 Å². The molecule has 3 rings (SSSR count). The van der Waals surface area contributed by atoms with Gasteiger partial charge in [0.05, 0.1) is 11.6 Å². The maximum Gasteiger partial charge on any atom is 0.262 e. The molecule has 0 heterocycles. The van der Waals surface area contributed by atoms with Crippen molar-refractivity contribution in [2.75, 3.05) is 5.75 Å². The highest BCUT2D eigenvalue weighted by molar-refractivity contribution is 7.91. The van der Waals surface area contributed by atoms with Crippen molar-refractivity contribution < 1.29 is 13.2 Å². The van der Waals surface area contributed by atoms with Crippen molar-refractivity contribution in [3.05, 3.63) is 107 Å². The zero-order valence-electron chi connectivity index (χ0n) is 17.6. The van der Waals surface area contributed by atoms with Gasteiger partial charge >= 0.3 is 0 Å². The summed E-state index contributed by atoms with van der Waals surface area (Å²) in [6.07, 6.45) is 0.306. The second-order valence-corrected chi connectivity index (χ2v) is 9.45. The van der Waals surface area contributed by atoms with E-state index >= 15 is 0 Å². The maximum atomic E-state index is 12.9. The van der Waals surface area contributed by atoms with Gasteiger partial charge in [0.2, 0.25) is 0 Å². The van der Waals surface area contributed by atoms with Crippen molar-refractivity contribution in [2.24, 2.45) is 0 Å². The summed E-state index contributed by atoms with van der Waals surface area (Å²) in [6.45, 7) is 1.60. The quantitative estimate of drug-likeness (QED) is 0.461. The highest BCUT2D eigenvalue weighted by atomic mass is 32.2. The first-order chi connectivity index (χ1) is 15.5. The summed E-state index contributed by atoms with van der Waals surface area (Å²) in [4.78, 5) is 12.0. The van der Waals surface area contributed by atoms with E-state index in [4.69, 9.17) is 0 Å². The van der Waals surface area contributed by atoms with E-state index in [0.717, 1.165) is 5.56 Å². The summed E-state index contributed by atoms with van der Waals surface area (Å²) in [5.74, 6) is 2.54. The third-order valence-electron chi connectivity index (χ3n) is 4.98. The van der Waals surface area contributed by atoms with E-state index in [1.54, 1.807) is 73.7 Å². The van der Waals surface area contributed by atoms with Gasteiger partial charge < -0.3 is 0 Å². The molecule has 0 saturated heterocycles. The zero-order chi connectivity index (χ0) is 23.0. The van der Waals surface area contributed by atoms with Crippen LogP contribution in [0.2, 0.25) is 0 Å². The standard InChI is InChI=1S/C26H22N2O3S/c1-2-32(30,31)25(21-11-5-3-6-12-21)24-16-15-20(18-23(24)19-27)10-9-17-28-26(29)22-13-7-4-8-14-22/h3-8,11-16,18,25H,2,10H2,1H3,(H,28,29). The molecule has 0 fully saturated rings. The number of carbonyl (C=O) groups excluding carboxylic acids is 1. The summed E-state index contributed by atoms with van der Waals surface area (Å²) < 4.78 is 25.7. The first-order valence-corrected chi connectivity index (χ1v) is 11.8. The number of amides is 1. The number of hydrogen-bond acceptors (Lipinski definition) is 4. The summed E-state index contributed by atoms with van der Waals surface area (Å²) >= 11 is 0. The van der Waals surface area contributed by atoms with Gasteiger partial charge in [0.25, 0.3) is 5.91 Å². The molecular formula is C26H22N2O3S. The summed E-state index contributed by atoms with van der Waals surface area (Å²) in [7, 11) is -3.50. The molecule has 1 atom stereocenters. The SMILES string of the molecule is CCS(=O)(=O)C(c1ccccc1)c1ccc(CC#CNC(=O)c2ccccc2)cc1C#N. The lowest BCUT2D eigenvalue weighted by molar-refractivity contribution is 0.0973. The normalized spacial score (nSPS) is 11.5. The molecule has 0 aromatic heterocycles. The van der Waals surface area contributed by atoms with Crippen LogP contribution in [0.4, 0.5) is 0 Å². The Kier molecular flexibility index (Phi) is 7.44. The Balaban J connectivity index is 1.83. The zero-order valence-corrected chi connectivity index (χ0v) is 18.4. The molecule has 0 aliphatic heterocycles. The third-order valence-corrected chi connectivity index (χ3v) is 7.03. The van der Waals surface area contributed by atoms with E-state index in [1.165, 1.54) is 0 Å². The van der Waals surface area contributed by atoms with Gasteiger partial charge in [-0.05, 0) is 34.9 Å². The molecule has 6 heteroatoms. The number of nitriles is 1. The Labute approximate surface area is 188 Å². The monoisotopic (exact) mass is 442 g/mol. The van der Waals surface area contributed by atoms with Crippen LogP contribution in [0.25, 0.3) is 0 Å².